The first-order valence-corrected chi connectivity index (χ1v) is 8.94. The number of fused-ring (bicyclic) bond motifs is 1. The summed E-state index contributed by atoms with van der Waals surface area (Å²) < 4.78 is 5.02. The van der Waals surface area contributed by atoms with Crippen LogP contribution in [-0.4, -0.2) is 23.8 Å². The SMILES string of the molecule is C=C1CC[C@@H]2C(C)(C)C[C@H](O)C[C@@]2(C)[C@@H]1CCC1=CC(=O)OC1. The largest absolute Gasteiger partial charge is 0.458 e. The summed E-state index contributed by atoms with van der Waals surface area (Å²) in [4.78, 5) is 11.2. The smallest absolute Gasteiger partial charge is 0.331 e. The first-order valence-electron chi connectivity index (χ1n) is 8.94. The highest BCUT2D eigenvalue weighted by Gasteiger charge is 2.54. The maximum absolute atomic E-state index is 11.2. The monoisotopic (exact) mass is 318 g/mol. The van der Waals surface area contributed by atoms with Gasteiger partial charge in [-0.05, 0) is 66.8 Å². The van der Waals surface area contributed by atoms with E-state index in [1.165, 1.54) is 12.0 Å². The summed E-state index contributed by atoms with van der Waals surface area (Å²) in [7, 11) is 0. The molecule has 3 rings (SSSR count). The van der Waals surface area contributed by atoms with Gasteiger partial charge in [0, 0.05) is 6.08 Å². The molecule has 0 amide bonds. The van der Waals surface area contributed by atoms with Crippen molar-refractivity contribution in [2.24, 2.45) is 22.7 Å². The molecule has 128 valence electrons. The topological polar surface area (TPSA) is 46.5 Å². The normalized spacial score (nSPS) is 39.7. The number of aliphatic hydroxyl groups is 1. The van der Waals surface area contributed by atoms with Crippen LogP contribution in [-0.2, 0) is 9.53 Å². The lowest BCUT2D eigenvalue weighted by Gasteiger charge is -2.59. The van der Waals surface area contributed by atoms with Gasteiger partial charge >= 0.3 is 5.97 Å². The number of allylic oxidation sites excluding steroid dienone is 1. The van der Waals surface area contributed by atoms with E-state index in [1.807, 2.05) is 0 Å². The molecule has 3 aliphatic rings. The number of esters is 1. The number of ether oxygens (including phenoxy) is 1. The molecule has 0 aromatic carbocycles. The van der Waals surface area contributed by atoms with Crippen molar-refractivity contribution in [2.75, 3.05) is 6.61 Å². The Hall–Kier alpha value is -1.09. The third-order valence-electron chi connectivity index (χ3n) is 6.70. The Balaban J connectivity index is 1.80. The van der Waals surface area contributed by atoms with E-state index in [9.17, 15) is 9.90 Å². The number of carbonyl (C=O) groups is 1. The molecule has 23 heavy (non-hydrogen) atoms. The third-order valence-corrected chi connectivity index (χ3v) is 6.70. The Kier molecular flexibility index (Phi) is 4.20. The lowest BCUT2D eigenvalue weighted by Crippen LogP contribution is -2.53. The fourth-order valence-corrected chi connectivity index (χ4v) is 5.86. The van der Waals surface area contributed by atoms with E-state index in [4.69, 9.17) is 4.74 Å². The van der Waals surface area contributed by atoms with Crippen molar-refractivity contribution in [1.29, 1.82) is 0 Å². The number of carbonyl (C=O) groups excluding carboxylic acids is 1. The van der Waals surface area contributed by atoms with E-state index in [1.54, 1.807) is 6.08 Å². The third kappa shape index (κ3) is 3.00. The Morgan fingerprint density at radius 2 is 2.09 bits per heavy atom. The minimum Gasteiger partial charge on any atom is -0.458 e. The van der Waals surface area contributed by atoms with Gasteiger partial charge in [-0.3, -0.25) is 0 Å². The van der Waals surface area contributed by atoms with Crippen LogP contribution in [0.5, 0.6) is 0 Å². The molecule has 0 bridgehead atoms. The highest BCUT2D eigenvalue weighted by molar-refractivity contribution is 5.85. The maximum atomic E-state index is 11.2. The van der Waals surface area contributed by atoms with Gasteiger partial charge in [0.1, 0.15) is 6.61 Å². The highest BCUT2D eigenvalue weighted by atomic mass is 16.5. The Labute approximate surface area is 139 Å². The molecular formula is C20H30O3. The van der Waals surface area contributed by atoms with Crippen molar-refractivity contribution in [3.63, 3.8) is 0 Å². The van der Waals surface area contributed by atoms with Gasteiger partial charge in [-0.25, -0.2) is 4.79 Å². The van der Waals surface area contributed by atoms with Crippen molar-refractivity contribution >= 4 is 5.97 Å². The van der Waals surface area contributed by atoms with Crippen LogP contribution in [0.1, 0.15) is 59.3 Å². The quantitative estimate of drug-likeness (QED) is 0.631. The maximum Gasteiger partial charge on any atom is 0.331 e. The zero-order valence-corrected chi connectivity index (χ0v) is 14.7. The molecule has 0 spiro atoms. The van der Waals surface area contributed by atoms with Crippen LogP contribution in [0.2, 0.25) is 0 Å². The van der Waals surface area contributed by atoms with Crippen LogP contribution in [0.25, 0.3) is 0 Å². The summed E-state index contributed by atoms with van der Waals surface area (Å²) in [5, 5.41) is 10.5. The number of aliphatic hydroxyl groups excluding tert-OH is 1. The van der Waals surface area contributed by atoms with Gasteiger partial charge in [0.2, 0.25) is 0 Å². The van der Waals surface area contributed by atoms with Crippen molar-refractivity contribution in [1.82, 2.24) is 0 Å². The molecular weight excluding hydrogens is 288 g/mol. The molecule has 2 aliphatic carbocycles. The van der Waals surface area contributed by atoms with E-state index in [2.05, 4.69) is 27.4 Å². The van der Waals surface area contributed by atoms with Crippen molar-refractivity contribution < 1.29 is 14.6 Å². The van der Waals surface area contributed by atoms with Gasteiger partial charge < -0.3 is 9.84 Å². The summed E-state index contributed by atoms with van der Waals surface area (Å²) in [5.41, 5.74) is 2.72. The molecule has 3 nitrogen and oxygen atoms in total. The minimum absolute atomic E-state index is 0.112. The van der Waals surface area contributed by atoms with E-state index in [0.29, 0.717) is 18.4 Å². The van der Waals surface area contributed by atoms with Crippen LogP contribution in [0.4, 0.5) is 0 Å². The molecule has 3 heteroatoms. The van der Waals surface area contributed by atoms with Gasteiger partial charge in [0.05, 0.1) is 6.10 Å². The van der Waals surface area contributed by atoms with E-state index < -0.39 is 0 Å². The summed E-state index contributed by atoms with van der Waals surface area (Å²) in [6.07, 6.45) is 7.40. The first kappa shape index (κ1) is 16.8. The van der Waals surface area contributed by atoms with Crippen molar-refractivity contribution in [2.45, 2.75) is 65.4 Å². The van der Waals surface area contributed by atoms with Gasteiger partial charge in [-0.15, -0.1) is 0 Å². The molecule has 4 atom stereocenters. The van der Waals surface area contributed by atoms with Crippen LogP contribution in [0.3, 0.4) is 0 Å². The molecule has 2 saturated carbocycles. The number of cyclic esters (lactones) is 1. The molecule has 0 radical (unpaired) electrons. The number of rotatable bonds is 3. The average Bonchev–Trinajstić information content (AvgIpc) is 2.81. The van der Waals surface area contributed by atoms with E-state index >= 15 is 0 Å². The second-order valence-corrected chi connectivity index (χ2v) is 8.81. The number of hydrogen-bond acceptors (Lipinski definition) is 3. The molecule has 1 heterocycles. The molecule has 0 aromatic rings. The predicted octanol–water partition coefficient (Wildman–Crippen LogP) is 4.02. The summed E-state index contributed by atoms with van der Waals surface area (Å²) in [6.45, 7) is 11.8. The fourth-order valence-electron chi connectivity index (χ4n) is 5.86. The first-order chi connectivity index (χ1) is 10.7. The van der Waals surface area contributed by atoms with Gasteiger partial charge in [-0.2, -0.15) is 0 Å². The van der Waals surface area contributed by atoms with Gasteiger partial charge in [0.25, 0.3) is 0 Å². The molecule has 0 saturated heterocycles. The Morgan fingerprint density at radius 1 is 1.35 bits per heavy atom. The molecule has 0 unspecified atom stereocenters. The highest BCUT2D eigenvalue weighted by Crippen LogP contribution is 2.61. The second-order valence-electron chi connectivity index (χ2n) is 8.81. The summed E-state index contributed by atoms with van der Waals surface area (Å²) in [6, 6.07) is 0. The average molecular weight is 318 g/mol. The van der Waals surface area contributed by atoms with Gasteiger partial charge in [0.15, 0.2) is 0 Å². The Morgan fingerprint density at radius 3 is 2.74 bits per heavy atom. The van der Waals surface area contributed by atoms with Crippen molar-refractivity contribution in [3.8, 4) is 0 Å². The lowest BCUT2D eigenvalue weighted by atomic mass is 9.46. The zero-order chi connectivity index (χ0) is 16.8. The molecule has 1 aliphatic heterocycles. The van der Waals surface area contributed by atoms with Crippen LogP contribution < -0.4 is 0 Å². The summed E-state index contributed by atoms with van der Waals surface area (Å²) >= 11 is 0. The standard InChI is InChI=1S/C20H30O3/c1-13-5-8-17-19(2,3)10-15(21)11-20(17,4)16(13)7-6-14-9-18(22)23-12-14/h9,15-17,21H,1,5-8,10-12H2,2-4H3/t15-,16+,17+,20-/m0/s1. The van der Waals surface area contributed by atoms with E-state index in [-0.39, 0.29) is 22.9 Å². The number of hydrogen-bond donors (Lipinski definition) is 1. The zero-order valence-electron chi connectivity index (χ0n) is 14.7. The molecule has 2 fully saturated rings. The van der Waals surface area contributed by atoms with Crippen LogP contribution >= 0.6 is 0 Å². The predicted molar refractivity (Wildman–Crippen MR) is 90.8 cm³/mol. The van der Waals surface area contributed by atoms with E-state index in [0.717, 1.165) is 37.7 Å². The second kappa shape index (κ2) is 5.77. The van der Waals surface area contributed by atoms with Crippen LogP contribution in [0, 0.1) is 22.7 Å². The molecule has 1 N–H and O–H groups in total. The van der Waals surface area contributed by atoms with Crippen molar-refractivity contribution in [3.05, 3.63) is 23.8 Å². The fraction of sp³-hybridized carbons (Fsp3) is 0.750. The molecule has 0 aromatic heterocycles. The summed E-state index contributed by atoms with van der Waals surface area (Å²) in [5.74, 6) is 0.845. The Bertz CT molecular complexity index is 545. The minimum atomic E-state index is -0.213. The van der Waals surface area contributed by atoms with Gasteiger partial charge in [-0.1, -0.05) is 32.9 Å². The van der Waals surface area contributed by atoms with Crippen LogP contribution in [0.15, 0.2) is 23.8 Å². The lowest BCUT2D eigenvalue weighted by molar-refractivity contribution is -0.135.